The molecule has 0 radical (unpaired) electrons. The van der Waals surface area contributed by atoms with Gasteiger partial charge < -0.3 is 10.2 Å². The lowest BCUT2D eigenvalue weighted by molar-refractivity contribution is -0.115. The van der Waals surface area contributed by atoms with Gasteiger partial charge in [-0.05, 0) is 83.9 Å². The first-order valence-corrected chi connectivity index (χ1v) is 11.9. The Bertz CT molecular complexity index is 1140. The van der Waals surface area contributed by atoms with Crippen molar-refractivity contribution in [2.45, 2.75) is 13.3 Å². The van der Waals surface area contributed by atoms with Gasteiger partial charge in [-0.25, -0.2) is 0 Å². The van der Waals surface area contributed by atoms with Crippen LogP contribution in [0.25, 0.3) is 11.1 Å². The summed E-state index contributed by atoms with van der Waals surface area (Å²) in [4.78, 5) is 13.8. The van der Waals surface area contributed by atoms with E-state index in [0.29, 0.717) is 6.42 Å². The second-order valence-electron chi connectivity index (χ2n) is 7.31. The molecule has 3 nitrogen and oxygen atoms in total. The first-order valence-electron chi connectivity index (χ1n) is 10.3. The number of nitrogens with one attached hydrogen (secondary N) is 1. The monoisotopic (exact) mass is 548 g/mol. The minimum Gasteiger partial charge on any atom is -0.326 e. The standard InChI is InChI=1S/C27H22Br2N2O/c1-2-27(32)30-23-11-3-19(4-12-23)20-5-13-24(14-6-20)31(25-15-7-21(28)8-16-25)26-17-9-22(29)10-18-26/h3-18H,2H2,1H3,(H,30,32). The van der Waals surface area contributed by atoms with Crippen LogP contribution in [0.15, 0.2) is 106 Å². The van der Waals surface area contributed by atoms with Gasteiger partial charge in [0.15, 0.2) is 0 Å². The van der Waals surface area contributed by atoms with E-state index in [-0.39, 0.29) is 5.91 Å². The molecule has 0 fully saturated rings. The summed E-state index contributed by atoms with van der Waals surface area (Å²) in [7, 11) is 0. The molecule has 0 saturated heterocycles. The number of hydrogen-bond acceptors (Lipinski definition) is 2. The summed E-state index contributed by atoms with van der Waals surface area (Å²) in [5, 5.41) is 2.89. The Hall–Kier alpha value is -2.89. The smallest absolute Gasteiger partial charge is 0.224 e. The Morgan fingerprint density at radius 3 is 1.44 bits per heavy atom. The molecule has 0 atom stereocenters. The second kappa shape index (κ2) is 10.2. The van der Waals surface area contributed by atoms with E-state index >= 15 is 0 Å². The van der Waals surface area contributed by atoms with Gasteiger partial charge >= 0.3 is 0 Å². The van der Waals surface area contributed by atoms with Crippen molar-refractivity contribution in [1.82, 2.24) is 0 Å². The van der Waals surface area contributed by atoms with Crippen molar-refractivity contribution in [2.24, 2.45) is 0 Å². The molecule has 0 aliphatic carbocycles. The molecule has 0 spiro atoms. The highest BCUT2D eigenvalue weighted by molar-refractivity contribution is 9.10. The molecule has 0 heterocycles. The minimum atomic E-state index is 0.0167. The lowest BCUT2D eigenvalue weighted by Gasteiger charge is -2.25. The zero-order valence-corrected chi connectivity index (χ0v) is 20.7. The van der Waals surface area contributed by atoms with Crippen LogP contribution in [0.1, 0.15) is 13.3 Å². The number of benzene rings is 4. The molecule has 0 aliphatic heterocycles. The highest BCUT2D eigenvalue weighted by atomic mass is 79.9. The number of anilines is 4. The second-order valence-corrected chi connectivity index (χ2v) is 9.15. The summed E-state index contributed by atoms with van der Waals surface area (Å²) >= 11 is 7.05. The molecule has 0 aliphatic rings. The summed E-state index contributed by atoms with van der Waals surface area (Å²) in [5.74, 6) is 0.0167. The van der Waals surface area contributed by atoms with Crippen LogP contribution >= 0.6 is 31.9 Å². The predicted molar refractivity (Wildman–Crippen MR) is 141 cm³/mol. The largest absolute Gasteiger partial charge is 0.326 e. The maximum absolute atomic E-state index is 11.6. The van der Waals surface area contributed by atoms with E-state index in [1.165, 1.54) is 0 Å². The van der Waals surface area contributed by atoms with E-state index in [2.05, 4.69) is 115 Å². The van der Waals surface area contributed by atoms with E-state index in [1.807, 2.05) is 31.2 Å². The van der Waals surface area contributed by atoms with Crippen molar-refractivity contribution in [3.63, 3.8) is 0 Å². The zero-order valence-electron chi connectivity index (χ0n) is 17.6. The molecule has 4 aromatic carbocycles. The molecule has 0 aromatic heterocycles. The quantitative estimate of drug-likeness (QED) is 0.261. The Labute approximate surface area is 205 Å². The van der Waals surface area contributed by atoms with Gasteiger partial charge in [0.2, 0.25) is 5.91 Å². The minimum absolute atomic E-state index is 0.0167. The van der Waals surface area contributed by atoms with E-state index in [4.69, 9.17) is 0 Å². The molecule has 160 valence electrons. The molecule has 4 rings (SSSR count). The normalized spacial score (nSPS) is 10.6. The maximum Gasteiger partial charge on any atom is 0.224 e. The number of nitrogens with zero attached hydrogens (tertiary/aromatic N) is 1. The van der Waals surface area contributed by atoms with Gasteiger partial charge in [0.1, 0.15) is 0 Å². The summed E-state index contributed by atoms with van der Waals surface area (Å²) in [5.41, 5.74) is 6.27. The lowest BCUT2D eigenvalue weighted by atomic mass is 10.0. The van der Waals surface area contributed by atoms with Crippen molar-refractivity contribution >= 4 is 60.5 Å². The molecule has 0 bridgehead atoms. The third-order valence-corrected chi connectivity index (χ3v) is 6.18. The van der Waals surface area contributed by atoms with E-state index in [9.17, 15) is 4.79 Å². The van der Waals surface area contributed by atoms with Crippen LogP contribution in [0.5, 0.6) is 0 Å². The molecule has 0 saturated carbocycles. The Morgan fingerprint density at radius 1 is 0.656 bits per heavy atom. The Morgan fingerprint density at radius 2 is 1.03 bits per heavy atom. The van der Waals surface area contributed by atoms with Gasteiger partial charge in [-0.1, -0.05) is 63.0 Å². The van der Waals surface area contributed by atoms with Crippen LogP contribution in [0.4, 0.5) is 22.7 Å². The average molecular weight is 550 g/mol. The molecule has 32 heavy (non-hydrogen) atoms. The summed E-state index contributed by atoms with van der Waals surface area (Å²) < 4.78 is 2.09. The predicted octanol–water partition coefficient (Wildman–Crippen LogP) is 8.70. The number of rotatable bonds is 6. The number of carbonyl (C=O) groups is 1. The van der Waals surface area contributed by atoms with Crippen molar-refractivity contribution < 1.29 is 4.79 Å². The molecular formula is C27H22Br2N2O. The third kappa shape index (κ3) is 5.29. The fourth-order valence-electron chi connectivity index (χ4n) is 3.43. The number of amides is 1. The van der Waals surface area contributed by atoms with E-state index < -0.39 is 0 Å². The first-order chi connectivity index (χ1) is 15.5. The van der Waals surface area contributed by atoms with Crippen LogP contribution in [-0.2, 0) is 4.79 Å². The number of hydrogen-bond donors (Lipinski definition) is 1. The lowest BCUT2D eigenvalue weighted by Crippen LogP contribution is -2.09. The molecule has 5 heteroatoms. The molecule has 1 N–H and O–H groups in total. The highest BCUT2D eigenvalue weighted by Crippen LogP contribution is 2.36. The molecular weight excluding hydrogens is 528 g/mol. The van der Waals surface area contributed by atoms with Crippen molar-refractivity contribution in [3.05, 3.63) is 106 Å². The summed E-state index contributed by atoms with van der Waals surface area (Å²) in [6.07, 6.45) is 0.469. The summed E-state index contributed by atoms with van der Waals surface area (Å²) in [6.45, 7) is 1.84. The topological polar surface area (TPSA) is 32.3 Å². The van der Waals surface area contributed by atoms with Crippen LogP contribution in [0, 0.1) is 0 Å². The number of halogens is 2. The van der Waals surface area contributed by atoms with Gasteiger partial charge in [-0.3, -0.25) is 4.79 Å². The fraction of sp³-hybridized carbons (Fsp3) is 0.0741. The SMILES string of the molecule is CCC(=O)Nc1ccc(-c2ccc(N(c3ccc(Br)cc3)c3ccc(Br)cc3)cc2)cc1. The van der Waals surface area contributed by atoms with Gasteiger partial charge in [-0.2, -0.15) is 0 Å². The van der Waals surface area contributed by atoms with Crippen LogP contribution < -0.4 is 10.2 Å². The maximum atomic E-state index is 11.6. The van der Waals surface area contributed by atoms with Crippen molar-refractivity contribution in [1.29, 1.82) is 0 Å². The Balaban J connectivity index is 1.64. The molecule has 1 amide bonds. The summed E-state index contributed by atoms with van der Waals surface area (Å²) in [6, 6.07) is 33.0. The van der Waals surface area contributed by atoms with Gasteiger partial charge in [-0.15, -0.1) is 0 Å². The molecule has 4 aromatic rings. The zero-order chi connectivity index (χ0) is 22.5. The van der Waals surface area contributed by atoms with Gasteiger partial charge in [0.25, 0.3) is 0 Å². The van der Waals surface area contributed by atoms with Crippen molar-refractivity contribution in [2.75, 3.05) is 10.2 Å². The average Bonchev–Trinajstić information content (AvgIpc) is 2.82. The fourth-order valence-corrected chi connectivity index (χ4v) is 3.95. The Kier molecular flexibility index (Phi) is 7.08. The van der Waals surface area contributed by atoms with Crippen LogP contribution in [0.2, 0.25) is 0 Å². The molecule has 0 unspecified atom stereocenters. The van der Waals surface area contributed by atoms with Gasteiger partial charge in [0.05, 0.1) is 0 Å². The van der Waals surface area contributed by atoms with Crippen molar-refractivity contribution in [3.8, 4) is 11.1 Å². The van der Waals surface area contributed by atoms with Crippen LogP contribution in [0.3, 0.4) is 0 Å². The first kappa shape index (κ1) is 22.3. The van der Waals surface area contributed by atoms with Gasteiger partial charge in [0, 0.05) is 38.1 Å². The highest BCUT2D eigenvalue weighted by Gasteiger charge is 2.13. The third-order valence-electron chi connectivity index (χ3n) is 5.12. The van der Waals surface area contributed by atoms with Crippen LogP contribution in [-0.4, -0.2) is 5.91 Å². The van der Waals surface area contributed by atoms with E-state index in [0.717, 1.165) is 42.8 Å². The van der Waals surface area contributed by atoms with E-state index in [1.54, 1.807) is 0 Å². The number of carbonyl (C=O) groups excluding carboxylic acids is 1.